The van der Waals surface area contributed by atoms with E-state index in [4.69, 9.17) is 21.7 Å². The summed E-state index contributed by atoms with van der Waals surface area (Å²) in [6.45, 7) is 2.57. The second kappa shape index (κ2) is 10.6. The molecule has 172 valence electrons. The number of hydrogen-bond donors (Lipinski definition) is 0. The lowest BCUT2D eigenvalue weighted by Gasteiger charge is -2.14. The molecule has 0 bridgehead atoms. The zero-order chi connectivity index (χ0) is 24.1. The van der Waals surface area contributed by atoms with E-state index in [2.05, 4.69) is 0 Å². The molecule has 0 N–H and O–H groups in total. The van der Waals surface area contributed by atoms with Crippen LogP contribution in [0.2, 0.25) is 0 Å². The van der Waals surface area contributed by atoms with Crippen molar-refractivity contribution < 1.29 is 23.5 Å². The number of hydrogen-bond acceptors (Lipinski definition) is 6. The predicted octanol–water partition coefficient (Wildman–Crippen LogP) is 5.85. The van der Waals surface area contributed by atoms with Gasteiger partial charge in [0.25, 0.3) is 5.91 Å². The molecule has 0 radical (unpaired) electrons. The Hall–Kier alpha value is -3.49. The average molecular weight is 494 g/mol. The van der Waals surface area contributed by atoms with E-state index in [9.17, 15) is 14.0 Å². The molecule has 0 aliphatic carbocycles. The summed E-state index contributed by atoms with van der Waals surface area (Å²) in [5.74, 6) is -0.652. The van der Waals surface area contributed by atoms with E-state index < -0.39 is 11.8 Å². The molecular formula is C26H20FNO4S2. The van der Waals surface area contributed by atoms with Crippen LogP contribution in [0, 0.1) is 5.82 Å². The first-order valence-corrected chi connectivity index (χ1v) is 11.7. The van der Waals surface area contributed by atoms with Gasteiger partial charge in [-0.1, -0.05) is 60.4 Å². The lowest BCUT2D eigenvalue weighted by molar-refractivity contribution is -0.122. The summed E-state index contributed by atoms with van der Waals surface area (Å²) >= 11 is 6.66. The van der Waals surface area contributed by atoms with Gasteiger partial charge in [0.15, 0.2) is 11.5 Å². The summed E-state index contributed by atoms with van der Waals surface area (Å²) in [5.41, 5.74) is 1.91. The van der Waals surface area contributed by atoms with Crippen LogP contribution in [-0.2, 0) is 11.3 Å². The zero-order valence-electron chi connectivity index (χ0n) is 18.2. The van der Waals surface area contributed by atoms with Crippen molar-refractivity contribution in [2.24, 2.45) is 0 Å². The highest BCUT2D eigenvalue weighted by Crippen LogP contribution is 2.35. The fourth-order valence-corrected chi connectivity index (χ4v) is 4.52. The zero-order valence-corrected chi connectivity index (χ0v) is 19.8. The molecule has 3 aromatic carbocycles. The van der Waals surface area contributed by atoms with E-state index in [1.165, 1.54) is 36.0 Å². The minimum atomic E-state index is -0.629. The van der Waals surface area contributed by atoms with Crippen LogP contribution in [0.1, 0.15) is 28.4 Å². The summed E-state index contributed by atoms with van der Waals surface area (Å²) in [7, 11) is 0. The van der Waals surface area contributed by atoms with Crippen molar-refractivity contribution in [3.8, 4) is 11.5 Å². The highest BCUT2D eigenvalue weighted by molar-refractivity contribution is 8.26. The van der Waals surface area contributed by atoms with Crippen molar-refractivity contribution in [3.63, 3.8) is 0 Å². The van der Waals surface area contributed by atoms with Crippen LogP contribution < -0.4 is 9.47 Å². The topological polar surface area (TPSA) is 55.8 Å². The Bertz CT molecular complexity index is 1260. The fraction of sp³-hybridized carbons (Fsp3) is 0.115. The van der Waals surface area contributed by atoms with E-state index in [1.807, 2.05) is 37.3 Å². The van der Waals surface area contributed by atoms with E-state index in [0.29, 0.717) is 33.7 Å². The third-order valence-electron chi connectivity index (χ3n) is 4.91. The maximum Gasteiger partial charge on any atom is 0.343 e. The number of thiocarbonyl (C=S) groups is 1. The van der Waals surface area contributed by atoms with Gasteiger partial charge in [-0.05, 0) is 60.5 Å². The average Bonchev–Trinajstić information content (AvgIpc) is 3.09. The van der Waals surface area contributed by atoms with Gasteiger partial charge < -0.3 is 9.47 Å². The number of ether oxygens (including phenoxy) is 2. The Morgan fingerprint density at radius 2 is 1.79 bits per heavy atom. The Balaban J connectivity index is 1.53. The first-order chi connectivity index (χ1) is 16.4. The van der Waals surface area contributed by atoms with E-state index >= 15 is 0 Å². The van der Waals surface area contributed by atoms with Crippen LogP contribution >= 0.6 is 24.0 Å². The van der Waals surface area contributed by atoms with Crippen molar-refractivity contribution in [2.75, 3.05) is 6.61 Å². The second-order valence-corrected chi connectivity index (χ2v) is 8.96. The molecule has 3 aromatic rings. The standard InChI is InChI=1S/C26H20FNO4S2/c1-2-31-22-14-18(8-13-21(22)32-25(30)19-9-11-20(27)12-10-19)15-23-24(29)28(26(33)34-23)16-17-6-4-3-5-7-17/h3-15H,2,16H2,1H3/b23-15+. The molecule has 1 fully saturated rings. The predicted molar refractivity (Wildman–Crippen MR) is 134 cm³/mol. The number of halogens is 1. The molecule has 0 spiro atoms. The lowest BCUT2D eigenvalue weighted by Crippen LogP contribution is -2.27. The highest BCUT2D eigenvalue weighted by atomic mass is 32.2. The van der Waals surface area contributed by atoms with Crippen LogP contribution in [0.4, 0.5) is 4.39 Å². The van der Waals surface area contributed by atoms with Gasteiger partial charge in [0, 0.05) is 0 Å². The van der Waals surface area contributed by atoms with E-state index in [0.717, 1.165) is 5.56 Å². The number of carbonyl (C=O) groups is 2. The summed E-state index contributed by atoms with van der Waals surface area (Å²) < 4.78 is 24.7. The summed E-state index contributed by atoms with van der Waals surface area (Å²) in [6, 6.07) is 19.8. The van der Waals surface area contributed by atoms with Crippen LogP contribution in [0.25, 0.3) is 6.08 Å². The van der Waals surface area contributed by atoms with Crippen LogP contribution in [0.15, 0.2) is 77.7 Å². The number of esters is 1. The molecule has 1 amide bonds. The van der Waals surface area contributed by atoms with Gasteiger partial charge in [-0.2, -0.15) is 0 Å². The minimum Gasteiger partial charge on any atom is -0.490 e. The van der Waals surface area contributed by atoms with Crippen molar-refractivity contribution in [1.82, 2.24) is 4.90 Å². The van der Waals surface area contributed by atoms with E-state index in [-0.39, 0.29) is 17.2 Å². The smallest absolute Gasteiger partial charge is 0.343 e. The number of nitrogens with zero attached hydrogens (tertiary/aromatic N) is 1. The Morgan fingerprint density at radius 1 is 1.06 bits per heavy atom. The number of thioether (sulfide) groups is 1. The second-order valence-electron chi connectivity index (χ2n) is 7.29. The van der Waals surface area contributed by atoms with Gasteiger partial charge in [-0.15, -0.1) is 0 Å². The lowest BCUT2D eigenvalue weighted by atomic mass is 10.1. The third-order valence-corrected chi connectivity index (χ3v) is 6.28. The minimum absolute atomic E-state index is 0.163. The Kier molecular flexibility index (Phi) is 7.40. The van der Waals surface area contributed by atoms with Gasteiger partial charge in [-0.25, -0.2) is 9.18 Å². The van der Waals surface area contributed by atoms with Crippen molar-refractivity contribution in [2.45, 2.75) is 13.5 Å². The quantitative estimate of drug-likeness (QED) is 0.178. The maximum absolute atomic E-state index is 13.1. The summed E-state index contributed by atoms with van der Waals surface area (Å²) in [6.07, 6.45) is 1.73. The van der Waals surface area contributed by atoms with Gasteiger partial charge in [0.2, 0.25) is 0 Å². The SMILES string of the molecule is CCOc1cc(/C=C2/SC(=S)N(Cc3ccccc3)C2=O)ccc1OC(=O)c1ccc(F)cc1. The highest BCUT2D eigenvalue weighted by Gasteiger charge is 2.32. The molecule has 1 heterocycles. The monoisotopic (exact) mass is 493 g/mol. The molecule has 0 saturated carbocycles. The summed E-state index contributed by atoms with van der Waals surface area (Å²) in [5, 5.41) is 0. The molecular weight excluding hydrogens is 473 g/mol. The number of benzene rings is 3. The molecule has 8 heteroatoms. The van der Waals surface area contributed by atoms with Gasteiger partial charge in [-0.3, -0.25) is 9.69 Å². The van der Waals surface area contributed by atoms with Gasteiger partial charge in [0.05, 0.1) is 23.6 Å². The molecule has 0 aromatic heterocycles. The first kappa shape index (κ1) is 23.7. The van der Waals surface area contributed by atoms with Crippen LogP contribution in [-0.4, -0.2) is 27.7 Å². The fourth-order valence-electron chi connectivity index (χ4n) is 3.27. The molecule has 0 atom stereocenters. The number of rotatable bonds is 7. The molecule has 5 nitrogen and oxygen atoms in total. The normalized spacial score (nSPS) is 14.5. The molecule has 1 saturated heterocycles. The van der Waals surface area contributed by atoms with Crippen molar-refractivity contribution in [1.29, 1.82) is 0 Å². The largest absolute Gasteiger partial charge is 0.490 e. The third kappa shape index (κ3) is 5.52. The van der Waals surface area contributed by atoms with Crippen molar-refractivity contribution in [3.05, 3.63) is 100 Å². The molecule has 4 rings (SSSR count). The van der Waals surface area contributed by atoms with Crippen molar-refractivity contribution >= 4 is 46.3 Å². The number of amides is 1. The van der Waals surface area contributed by atoms with E-state index in [1.54, 1.807) is 29.2 Å². The van der Waals surface area contributed by atoms with Gasteiger partial charge >= 0.3 is 5.97 Å². The molecule has 1 aliphatic rings. The number of carbonyl (C=O) groups excluding carboxylic acids is 2. The Morgan fingerprint density at radius 3 is 2.50 bits per heavy atom. The maximum atomic E-state index is 13.1. The van der Waals surface area contributed by atoms with Crippen LogP contribution in [0.5, 0.6) is 11.5 Å². The van der Waals surface area contributed by atoms with Crippen LogP contribution in [0.3, 0.4) is 0 Å². The Labute approximate surface area is 206 Å². The molecule has 0 unspecified atom stereocenters. The molecule has 34 heavy (non-hydrogen) atoms. The van der Waals surface area contributed by atoms with Gasteiger partial charge in [0.1, 0.15) is 10.1 Å². The molecule has 1 aliphatic heterocycles. The summed E-state index contributed by atoms with van der Waals surface area (Å²) in [4.78, 5) is 27.5. The first-order valence-electron chi connectivity index (χ1n) is 10.5.